The number of nitriles is 1. The maximum Gasteiger partial charge on any atom is 0.305 e. The van der Waals surface area contributed by atoms with Gasteiger partial charge in [-0.2, -0.15) is 5.26 Å². The molecule has 0 unspecified atom stereocenters. The minimum Gasteiger partial charge on any atom is -0.497 e. The topological polar surface area (TPSA) is 128 Å². The zero-order chi connectivity index (χ0) is 17.8. The van der Waals surface area contributed by atoms with E-state index < -0.39 is 4.92 Å². The van der Waals surface area contributed by atoms with E-state index >= 15 is 0 Å². The average Bonchev–Trinajstić information content (AvgIpc) is 3.10. The number of nitro groups is 1. The predicted octanol–water partition coefficient (Wildman–Crippen LogP) is 3.07. The molecule has 0 atom stereocenters. The van der Waals surface area contributed by atoms with E-state index in [9.17, 15) is 10.1 Å². The Hall–Kier alpha value is -3.45. The maximum atomic E-state index is 10.8. The highest BCUT2D eigenvalue weighted by atomic mass is 32.2. The van der Waals surface area contributed by atoms with Crippen molar-refractivity contribution < 1.29 is 14.1 Å². The van der Waals surface area contributed by atoms with Crippen LogP contribution in [0, 0.1) is 21.4 Å². The quantitative estimate of drug-likeness (QED) is 0.501. The van der Waals surface area contributed by atoms with Gasteiger partial charge in [0.1, 0.15) is 16.8 Å². The molecule has 9 nitrogen and oxygen atoms in total. The standard InChI is InChI=1S/C15H9N5O4S/c1-23-10-4-2-9(3-5-10)14-18-19-15(24-14)25-13-7-6-12(20(21)22)11(8-16)17-13/h2-7H,1H3. The first kappa shape index (κ1) is 16.4. The lowest BCUT2D eigenvalue weighted by Gasteiger charge is -1.99. The summed E-state index contributed by atoms with van der Waals surface area (Å²) in [5.41, 5.74) is 0.0933. The van der Waals surface area contributed by atoms with Crippen molar-refractivity contribution in [3.05, 3.63) is 52.2 Å². The van der Waals surface area contributed by atoms with Gasteiger partial charge in [0.2, 0.25) is 11.6 Å². The minimum atomic E-state index is -0.658. The van der Waals surface area contributed by atoms with Crippen molar-refractivity contribution in [3.8, 4) is 23.3 Å². The van der Waals surface area contributed by atoms with Crippen LogP contribution in [0.5, 0.6) is 5.75 Å². The summed E-state index contributed by atoms with van der Waals surface area (Å²) in [5.74, 6) is 1.02. The Morgan fingerprint density at radius 1 is 1.24 bits per heavy atom. The summed E-state index contributed by atoms with van der Waals surface area (Å²) < 4.78 is 10.6. The number of ether oxygens (including phenoxy) is 1. The molecule has 0 aliphatic rings. The van der Waals surface area contributed by atoms with Crippen LogP contribution in [0.1, 0.15) is 5.69 Å². The SMILES string of the molecule is COc1ccc(-c2nnc(Sc3ccc([N+](=O)[O-])c(C#N)n3)o2)cc1. The number of hydrogen-bond donors (Lipinski definition) is 0. The van der Waals surface area contributed by atoms with Gasteiger partial charge in [-0.3, -0.25) is 10.1 Å². The number of nitrogens with zero attached hydrogens (tertiary/aromatic N) is 5. The highest BCUT2D eigenvalue weighted by Crippen LogP contribution is 2.30. The monoisotopic (exact) mass is 355 g/mol. The highest BCUT2D eigenvalue weighted by molar-refractivity contribution is 7.99. The van der Waals surface area contributed by atoms with Crippen LogP contribution >= 0.6 is 11.8 Å². The van der Waals surface area contributed by atoms with Crippen molar-refractivity contribution in [2.45, 2.75) is 10.2 Å². The van der Waals surface area contributed by atoms with Gasteiger partial charge in [-0.25, -0.2) is 4.98 Å². The van der Waals surface area contributed by atoms with Crippen LogP contribution in [0.25, 0.3) is 11.5 Å². The molecule has 2 aromatic heterocycles. The third-order valence-corrected chi connectivity index (χ3v) is 3.86. The lowest BCUT2D eigenvalue weighted by Crippen LogP contribution is -1.95. The van der Waals surface area contributed by atoms with Gasteiger partial charge >= 0.3 is 5.69 Å². The van der Waals surface area contributed by atoms with Gasteiger partial charge in [0, 0.05) is 11.6 Å². The van der Waals surface area contributed by atoms with E-state index in [2.05, 4.69) is 15.2 Å². The Morgan fingerprint density at radius 3 is 2.64 bits per heavy atom. The first-order valence-electron chi connectivity index (χ1n) is 6.82. The second kappa shape index (κ2) is 6.98. The van der Waals surface area contributed by atoms with E-state index in [4.69, 9.17) is 14.4 Å². The average molecular weight is 355 g/mol. The molecular formula is C15H9N5O4S. The Bertz CT molecular complexity index is 965. The van der Waals surface area contributed by atoms with Crippen LogP contribution in [0.15, 0.2) is 51.1 Å². The fourth-order valence-corrected chi connectivity index (χ4v) is 2.57. The molecular weight excluding hydrogens is 346 g/mol. The maximum absolute atomic E-state index is 10.8. The van der Waals surface area contributed by atoms with E-state index in [1.54, 1.807) is 37.4 Å². The Labute approximate surface area is 145 Å². The Kier molecular flexibility index (Phi) is 4.58. The van der Waals surface area contributed by atoms with Crippen molar-refractivity contribution in [1.82, 2.24) is 15.2 Å². The van der Waals surface area contributed by atoms with Crippen LogP contribution in [-0.2, 0) is 0 Å². The molecule has 0 N–H and O–H groups in total. The van der Waals surface area contributed by atoms with Crippen LogP contribution in [0.4, 0.5) is 5.69 Å². The summed E-state index contributed by atoms with van der Waals surface area (Å²) in [5, 5.41) is 28.2. The molecule has 0 saturated heterocycles. The van der Waals surface area contributed by atoms with Gasteiger partial charge < -0.3 is 9.15 Å². The van der Waals surface area contributed by atoms with Crippen LogP contribution in [0.2, 0.25) is 0 Å². The lowest BCUT2D eigenvalue weighted by molar-refractivity contribution is -0.385. The van der Waals surface area contributed by atoms with Gasteiger partial charge in [-0.15, -0.1) is 10.2 Å². The first-order valence-corrected chi connectivity index (χ1v) is 7.63. The largest absolute Gasteiger partial charge is 0.497 e. The normalized spacial score (nSPS) is 10.2. The minimum absolute atomic E-state index is 0.205. The first-order chi connectivity index (χ1) is 12.1. The third-order valence-electron chi connectivity index (χ3n) is 3.09. The van der Waals surface area contributed by atoms with Gasteiger partial charge in [-0.1, -0.05) is 0 Å². The molecule has 3 aromatic rings. The highest BCUT2D eigenvalue weighted by Gasteiger charge is 2.17. The summed E-state index contributed by atoms with van der Waals surface area (Å²) in [6.07, 6.45) is 0. The smallest absolute Gasteiger partial charge is 0.305 e. The molecule has 0 aliphatic heterocycles. The molecule has 0 bridgehead atoms. The summed E-state index contributed by atoms with van der Waals surface area (Å²) >= 11 is 1.01. The summed E-state index contributed by atoms with van der Waals surface area (Å²) in [6.45, 7) is 0. The molecule has 0 spiro atoms. The van der Waals surface area contributed by atoms with Gasteiger partial charge in [-0.05, 0) is 42.1 Å². The molecule has 0 fully saturated rings. The van der Waals surface area contributed by atoms with Crippen molar-refractivity contribution in [1.29, 1.82) is 5.26 Å². The van der Waals surface area contributed by atoms with Crippen molar-refractivity contribution in [2.24, 2.45) is 0 Å². The molecule has 124 valence electrons. The van der Waals surface area contributed by atoms with Crippen LogP contribution in [-0.4, -0.2) is 27.2 Å². The summed E-state index contributed by atoms with van der Waals surface area (Å²) in [7, 11) is 1.57. The zero-order valence-corrected chi connectivity index (χ0v) is 13.6. The van der Waals surface area contributed by atoms with Crippen LogP contribution < -0.4 is 4.74 Å². The number of rotatable bonds is 5. The number of aromatic nitrogens is 3. The van der Waals surface area contributed by atoms with Gasteiger partial charge in [0.05, 0.1) is 12.0 Å². The lowest BCUT2D eigenvalue weighted by atomic mass is 10.2. The molecule has 0 aliphatic carbocycles. The van der Waals surface area contributed by atoms with Gasteiger partial charge in [0.15, 0.2) is 0 Å². The number of benzene rings is 1. The third kappa shape index (κ3) is 3.56. The molecule has 3 rings (SSSR count). The fraction of sp³-hybridized carbons (Fsp3) is 0.0667. The Morgan fingerprint density at radius 2 is 2.00 bits per heavy atom. The van der Waals surface area contributed by atoms with E-state index in [1.807, 2.05) is 0 Å². The van der Waals surface area contributed by atoms with Gasteiger partial charge in [0.25, 0.3) is 5.22 Å². The number of methoxy groups -OCH3 is 1. The Balaban J connectivity index is 1.81. The summed E-state index contributed by atoms with van der Waals surface area (Å²) in [6, 6.07) is 11.4. The fourth-order valence-electron chi connectivity index (χ4n) is 1.91. The summed E-state index contributed by atoms with van der Waals surface area (Å²) in [4.78, 5) is 14.1. The van der Waals surface area contributed by atoms with E-state index in [0.29, 0.717) is 16.7 Å². The number of pyridine rings is 1. The van der Waals surface area contributed by atoms with Crippen molar-refractivity contribution in [3.63, 3.8) is 0 Å². The van der Waals surface area contributed by atoms with E-state index in [-0.39, 0.29) is 16.6 Å². The van der Waals surface area contributed by atoms with E-state index in [1.165, 1.54) is 12.1 Å². The van der Waals surface area contributed by atoms with Crippen molar-refractivity contribution >= 4 is 17.4 Å². The molecule has 25 heavy (non-hydrogen) atoms. The molecule has 0 amide bonds. The second-order valence-corrected chi connectivity index (χ2v) is 5.56. The molecule has 0 saturated carbocycles. The predicted molar refractivity (Wildman–Crippen MR) is 86.0 cm³/mol. The molecule has 10 heteroatoms. The zero-order valence-electron chi connectivity index (χ0n) is 12.7. The van der Waals surface area contributed by atoms with E-state index in [0.717, 1.165) is 17.3 Å². The number of hydrogen-bond acceptors (Lipinski definition) is 9. The second-order valence-electron chi connectivity index (χ2n) is 4.59. The molecule has 1 aromatic carbocycles. The van der Waals surface area contributed by atoms with Crippen LogP contribution in [0.3, 0.4) is 0 Å². The van der Waals surface area contributed by atoms with Crippen molar-refractivity contribution in [2.75, 3.05) is 7.11 Å². The molecule has 0 radical (unpaired) electrons. The molecule has 2 heterocycles.